The summed E-state index contributed by atoms with van der Waals surface area (Å²) in [4.78, 5) is 9.66. The molecule has 4 heteroatoms. The van der Waals surface area contributed by atoms with E-state index in [9.17, 15) is 4.79 Å². The van der Waals surface area contributed by atoms with Crippen LogP contribution in [0.25, 0.3) is 0 Å². The van der Waals surface area contributed by atoms with Crippen molar-refractivity contribution in [1.82, 2.24) is 0 Å². The van der Waals surface area contributed by atoms with Crippen molar-refractivity contribution in [2.75, 3.05) is 0 Å². The van der Waals surface area contributed by atoms with Crippen LogP contribution in [-0.2, 0) is 4.79 Å². The number of halogens is 1. The highest BCUT2D eigenvalue weighted by Gasteiger charge is 1.98. The highest BCUT2D eigenvalue weighted by atomic mass is 35.5. The lowest BCUT2D eigenvalue weighted by Crippen LogP contribution is -1.89. The molecule has 0 aromatic heterocycles. The summed E-state index contributed by atoms with van der Waals surface area (Å²) in [5.41, 5.74) is 0. The maximum Gasteiger partial charge on any atom is 0.290 e. The minimum atomic E-state index is -1.07. The van der Waals surface area contributed by atoms with Gasteiger partial charge in [-0.05, 0) is 11.6 Å². The topological polar surface area (TPSA) is 57.5 Å². The number of carbonyl (C=O) groups excluding carboxylic acids is 1. The third-order valence-corrected chi connectivity index (χ3v) is 0.517. The maximum atomic E-state index is 9.66. The van der Waals surface area contributed by atoms with Crippen LogP contribution in [-0.4, -0.2) is 15.5 Å². The van der Waals surface area contributed by atoms with E-state index < -0.39 is 11.0 Å². The van der Waals surface area contributed by atoms with Gasteiger partial charge in [-0.15, -0.1) is 0 Å². The van der Waals surface area contributed by atoms with E-state index in [1.807, 2.05) is 0 Å². The van der Waals surface area contributed by atoms with Crippen LogP contribution in [0.1, 0.15) is 0 Å². The second-order valence-electron chi connectivity index (χ2n) is 0.788. The van der Waals surface area contributed by atoms with Crippen molar-refractivity contribution >= 4 is 16.8 Å². The van der Waals surface area contributed by atoms with E-state index in [0.717, 1.165) is 0 Å². The van der Waals surface area contributed by atoms with Crippen LogP contribution in [0.5, 0.6) is 0 Å². The quantitative estimate of drug-likeness (QED) is 0.306. The first-order chi connectivity index (χ1) is 3.18. The Morgan fingerprint density at radius 2 is 2.14 bits per heavy atom. The molecule has 0 saturated heterocycles. The minimum Gasteiger partial charge on any atom is -0.512 e. The van der Waals surface area contributed by atoms with Crippen molar-refractivity contribution in [1.29, 1.82) is 0 Å². The molecule has 0 radical (unpaired) electrons. The molecular weight excluding hydrogens is 119 g/mol. The fraction of sp³-hybridized carbons (Fsp3) is 0. The lowest BCUT2D eigenvalue weighted by atomic mass is 10.6. The number of aliphatic hydroxyl groups excluding tert-OH is 2. The van der Waals surface area contributed by atoms with Crippen molar-refractivity contribution in [2.24, 2.45) is 0 Å². The van der Waals surface area contributed by atoms with Crippen LogP contribution < -0.4 is 0 Å². The monoisotopic (exact) mass is 122 g/mol. The van der Waals surface area contributed by atoms with Crippen LogP contribution in [0.2, 0.25) is 0 Å². The lowest BCUT2D eigenvalue weighted by Gasteiger charge is -1.81. The van der Waals surface area contributed by atoms with Gasteiger partial charge in [0.1, 0.15) is 6.26 Å². The van der Waals surface area contributed by atoms with E-state index in [2.05, 4.69) is 11.6 Å². The molecule has 0 amide bonds. The van der Waals surface area contributed by atoms with Crippen LogP contribution >= 0.6 is 11.6 Å². The average Bonchev–Trinajstić information content (AvgIpc) is 1.65. The van der Waals surface area contributed by atoms with Gasteiger partial charge in [-0.3, -0.25) is 4.79 Å². The first kappa shape index (κ1) is 6.30. The van der Waals surface area contributed by atoms with Crippen molar-refractivity contribution in [3.8, 4) is 0 Å². The summed E-state index contributed by atoms with van der Waals surface area (Å²) in [6, 6.07) is 0. The van der Waals surface area contributed by atoms with E-state index in [1.165, 1.54) is 0 Å². The van der Waals surface area contributed by atoms with Gasteiger partial charge < -0.3 is 10.2 Å². The summed E-state index contributed by atoms with van der Waals surface area (Å²) < 4.78 is 0. The molecule has 0 saturated carbocycles. The van der Waals surface area contributed by atoms with Gasteiger partial charge in [-0.1, -0.05) is 0 Å². The van der Waals surface area contributed by atoms with Gasteiger partial charge in [0.15, 0.2) is 0 Å². The Morgan fingerprint density at radius 1 is 1.71 bits per heavy atom. The third kappa shape index (κ3) is 2.05. The highest BCUT2D eigenvalue weighted by Crippen LogP contribution is 1.90. The van der Waals surface area contributed by atoms with Gasteiger partial charge in [-0.2, -0.15) is 0 Å². The largest absolute Gasteiger partial charge is 0.512 e. The smallest absolute Gasteiger partial charge is 0.290 e. The molecule has 0 unspecified atom stereocenters. The molecule has 0 aliphatic carbocycles. The Morgan fingerprint density at radius 3 is 2.14 bits per heavy atom. The molecule has 0 aliphatic rings. The molecule has 7 heavy (non-hydrogen) atoms. The first-order valence-corrected chi connectivity index (χ1v) is 1.79. The number of aliphatic hydroxyl groups is 2. The fourth-order valence-corrected chi connectivity index (χ4v) is 0.0995. The van der Waals surface area contributed by atoms with Crippen LogP contribution in [0.4, 0.5) is 0 Å². The van der Waals surface area contributed by atoms with Gasteiger partial charge in [0, 0.05) is 0 Å². The molecule has 3 nitrogen and oxygen atoms in total. The minimum absolute atomic E-state index is 0.231. The second-order valence-corrected chi connectivity index (χ2v) is 1.13. The standard InChI is InChI=1S/C3H3ClO3/c4-3(7)2(6)1-5/h1,5-6H/b2-1-. The second kappa shape index (κ2) is 2.47. The van der Waals surface area contributed by atoms with E-state index in [-0.39, 0.29) is 6.26 Å². The molecule has 0 rings (SSSR count). The molecule has 2 N–H and O–H groups in total. The predicted octanol–water partition coefficient (Wildman–Crippen LogP) is 0.709. The van der Waals surface area contributed by atoms with Gasteiger partial charge in [0.25, 0.3) is 5.24 Å². The van der Waals surface area contributed by atoms with Crippen molar-refractivity contribution in [2.45, 2.75) is 0 Å². The normalized spacial score (nSPS) is 11.3. The molecular formula is C3H3ClO3. The van der Waals surface area contributed by atoms with Crippen molar-refractivity contribution in [3.05, 3.63) is 12.0 Å². The lowest BCUT2D eigenvalue weighted by molar-refractivity contribution is -0.110. The first-order valence-electron chi connectivity index (χ1n) is 1.41. The molecule has 0 aliphatic heterocycles. The van der Waals surface area contributed by atoms with Crippen molar-refractivity contribution in [3.63, 3.8) is 0 Å². The molecule has 0 heterocycles. The zero-order chi connectivity index (χ0) is 5.86. The van der Waals surface area contributed by atoms with E-state index >= 15 is 0 Å². The Kier molecular flexibility index (Phi) is 2.22. The molecule has 0 aromatic carbocycles. The van der Waals surface area contributed by atoms with Crippen molar-refractivity contribution < 1.29 is 15.0 Å². The molecule has 0 spiro atoms. The highest BCUT2D eigenvalue weighted by molar-refractivity contribution is 6.67. The number of hydrogen-bond acceptors (Lipinski definition) is 3. The summed E-state index contributed by atoms with van der Waals surface area (Å²) in [6.07, 6.45) is 0.231. The van der Waals surface area contributed by atoms with E-state index in [0.29, 0.717) is 0 Å². The summed E-state index contributed by atoms with van der Waals surface area (Å²) >= 11 is 4.61. The Balaban J connectivity index is 3.82. The molecule has 0 fully saturated rings. The van der Waals surface area contributed by atoms with Crippen LogP contribution in [0.15, 0.2) is 12.0 Å². The number of carbonyl (C=O) groups is 1. The summed E-state index contributed by atoms with van der Waals surface area (Å²) in [5.74, 6) is -0.846. The third-order valence-electron chi connectivity index (χ3n) is 0.324. The molecule has 0 aromatic rings. The molecule has 40 valence electrons. The SMILES string of the molecule is O=C(Cl)/C(O)=C/O. The Labute approximate surface area is 44.8 Å². The maximum absolute atomic E-state index is 9.66. The van der Waals surface area contributed by atoms with Gasteiger partial charge >= 0.3 is 0 Å². The Bertz CT molecular complexity index is 107. The van der Waals surface area contributed by atoms with E-state index in [1.54, 1.807) is 0 Å². The molecule has 0 bridgehead atoms. The molecule has 0 atom stereocenters. The number of hydrogen-bond donors (Lipinski definition) is 2. The fourth-order valence-electron chi connectivity index (χ4n) is 0.0507. The zero-order valence-corrected chi connectivity index (χ0v) is 4.01. The number of rotatable bonds is 1. The summed E-state index contributed by atoms with van der Waals surface area (Å²) in [5, 5.41) is 14.8. The van der Waals surface area contributed by atoms with Crippen LogP contribution in [0, 0.1) is 0 Å². The zero-order valence-electron chi connectivity index (χ0n) is 3.26. The van der Waals surface area contributed by atoms with Crippen LogP contribution in [0.3, 0.4) is 0 Å². The average molecular weight is 123 g/mol. The summed E-state index contributed by atoms with van der Waals surface area (Å²) in [7, 11) is 0. The van der Waals surface area contributed by atoms with Gasteiger partial charge in [0.05, 0.1) is 0 Å². The Hall–Kier alpha value is -0.700. The van der Waals surface area contributed by atoms with Gasteiger partial charge in [0.2, 0.25) is 5.76 Å². The summed E-state index contributed by atoms with van der Waals surface area (Å²) in [6.45, 7) is 0. The van der Waals surface area contributed by atoms with Gasteiger partial charge in [-0.25, -0.2) is 0 Å². The van der Waals surface area contributed by atoms with E-state index in [4.69, 9.17) is 10.2 Å². The number of allylic oxidation sites excluding steroid dienone is 1. The predicted molar refractivity (Wildman–Crippen MR) is 24.2 cm³/mol.